The molecular weight excluding hydrogens is 350 g/mol. The number of piperazine rings is 1. The highest BCUT2D eigenvalue weighted by Crippen LogP contribution is 2.22. The lowest BCUT2D eigenvalue weighted by Crippen LogP contribution is -2.49. The molecule has 0 unspecified atom stereocenters. The molecule has 1 aliphatic heterocycles. The van der Waals surface area contributed by atoms with E-state index in [4.69, 9.17) is 0 Å². The van der Waals surface area contributed by atoms with Gasteiger partial charge in [0.25, 0.3) is 5.91 Å². The number of anilines is 2. The lowest BCUT2D eigenvalue weighted by molar-refractivity contribution is 0.0737. The van der Waals surface area contributed by atoms with Crippen molar-refractivity contribution >= 4 is 17.3 Å². The van der Waals surface area contributed by atoms with Crippen LogP contribution in [0.1, 0.15) is 16.2 Å². The summed E-state index contributed by atoms with van der Waals surface area (Å²) in [7, 11) is 1.92. The molecule has 2 aromatic carbocycles. The van der Waals surface area contributed by atoms with Gasteiger partial charge in [0.2, 0.25) is 0 Å². The number of nitrogens with one attached hydrogen (secondary N) is 1. The average molecular weight is 375 g/mol. The van der Waals surface area contributed by atoms with E-state index in [0.717, 1.165) is 30.2 Å². The van der Waals surface area contributed by atoms with E-state index in [1.54, 1.807) is 4.68 Å². The monoisotopic (exact) mass is 375 g/mol. The van der Waals surface area contributed by atoms with Crippen LogP contribution in [0.5, 0.6) is 0 Å². The maximum absolute atomic E-state index is 13.2. The number of carbonyl (C=O) groups excluding carboxylic acids is 1. The molecule has 0 bridgehead atoms. The Morgan fingerprint density at radius 2 is 1.64 bits per heavy atom. The van der Waals surface area contributed by atoms with Crippen LogP contribution in [0.4, 0.5) is 11.4 Å². The Kier molecular flexibility index (Phi) is 5.02. The smallest absolute Gasteiger partial charge is 0.272 e. The fourth-order valence-electron chi connectivity index (χ4n) is 3.61. The second-order valence-electron chi connectivity index (χ2n) is 7.00. The van der Waals surface area contributed by atoms with Gasteiger partial charge < -0.3 is 15.1 Å². The van der Waals surface area contributed by atoms with Crippen molar-refractivity contribution in [3.05, 3.63) is 72.1 Å². The van der Waals surface area contributed by atoms with Gasteiger partial charge in [0.1, 0.15) is 5.69 Å². The fourth-order valence-corrected chi connectivity index (χ4v) is 3.61. The van der Waals surface area contributed by atoms with Crippen LogP contribution < -0.4 is 10.2 Å². The molecule has 0 aliphatic carbocycles. The maximum Gasteiger partial charge on any atom is 0.272 e. The number of hydrogen-bond donors (Lipinski definition) is 1. The van der Waals surface area contributed by atoms with Crippen LogP contribution in [0.3, 0.4) is 0 Å². The number of nitrogens with zero attached hydrogens (tertiary/aromatic N) is 4. The molecular formula is C22H25N5O. The largest absolute Gasteiger partial charge is 0.388 e. The van der Waals surface area contributed by atoms with Gasteiger partial charge in [-0.1, -0.05) is 24.3 Å². The first-order chi connectivity index (χ1) is 13.7. The number of rotatable bonds is 4. The molecule has 2 heterocycles. The van der Waals surface area contributed by atoms with Crippen LogP contribution in [0.15, 0.2) is 60.7 Å². The number of amides is 1. The van der Waals surface area contributed by atoms with Crippen LogP contribution in [-0.2, 0) is 0 Å². The third kappa shape index (κ3) is 3.58. The Morgan fingerprint density at radius 1 is 0.929 bits per heavy atom. The molecule has 0 saturated carbocycles. The summed E-state index contributed by atoms with van der Waals surface area (Å²) in [4.78, 5) is 17.4. The number of aromatic nitrogens is 2. The van der Waals surface area contributed by atoms with Gasteiger partial charge in [0.05, 0.1) is 11.4 Å². The van der Waals surface area contributed by atoms with E-state index in [1.807, 2.05) is 55.3 Å². The third-order valence-electron chi connectivity index (χ3n) is 5.12. The first kappa shape index (κ1) is 18.1. The highest BCUT2D eigenvalue weighted by Gasteiger charge is 2.25. The summed E-state index contributed by atoms with van der Waals surface area (Å²) in [6.45, 7) is 4.95. The highest BCUT2D eigenvalue weighted by atomic mass is 16.2. The SMILES string of the molecule is CNc1cccc(N2CCN(C(=O)c3cc(C)nn3-c3ccccc3)CC2)c1. The Bertz CT molecular complexity index is 958. The minimum atomic E-state index is 0.0353. The molecule has 1 N–H and O–H groups in total. The highest BCUT2D eigenvalue weighted by molar-refractivity contribution is 5.93. The summed E-state index contributed by atoms with van der Waals surface area (Å²) in [5.74, 6) is 0.0353. The van der Waals surface area contributed by atoms with E-state index in [2.05, 4.69) is 39.6 Å². The summed E-state index contributed by atoms with van der Waals surface area (Å²) in [6, 6.07) is 20.1. The van der Waals surface area contributed by atoms with Gasteiger partial charge in [0, 0.05) is 44.6 Å². The van der Waals surface area contributed by atoms with Gasteiger partial charge in [-0.05, 0) is 43.3 Å². The quantitative estimate of drug-likeness (QED) is 0.761. The van der Waals surface area contributed by atoms with Gasteiger partial charge in [0.15, 0.2) is 0 Å². The number of benzene rings is 2. The molecule has 6 heteroatoms. The first-order valence-corrected chi connectivity index (χ1v) is 9.60. The predicted octanol–water partition coefficient (Wildman–Crippen LogP) is 3.18. The summed E-state index contributed by atoms with van der Waals surface area (Å²) in [5, 5.41) is 7.71. The number of hydrogen-bond acceptors (Lipinski definition) is 4. The Labute approximate surface area is 165 Å². The number of para-hydroxylation sites is 1. The first-order valence-electron chi connectivity index (χ1n) is 9.60. The second-order valence-corrected chi connectivity index (χ2v) is 7.00. The zero-order valence-electron chi connectivity index (χ0n) is 16.3. The molecule has 0 radical (unpaired) electrons. The molecule has 1 aromatic heterocycles. The predicted molar refractivity (Wildman–Crippen MR) is 112 cm³/mol. The van der Waals surface area contributed by atoms with Gasteiger partial charge in [-0.2, -0.15) is 5.10 Å². The molecule has 6 nitrogen and oxygen atoms in total. The van der Waals surface area contributed by atoms with Gasteiger partial charge >= 0.3 is 0 Å². The Balaban J connectivity index is 1.49. The lowest BCUT2D eigenvalue weighted by Gasteiger charge is -2.36. The fraction of sp³-hybridized carbons (Fsp3) is 0.273. The zero-order chi connectivity index (χ0) is 19.5. The van der Waals surface area contributed by atoms with Crippen molar-refractivity contribution in [2.45, 2.75) is 6.92 Å². The lowest BCUT2D eigenvalue weighted by atomic mass is 10.2. The van der Waals surface area contributed by atoms with Crippen LogP contribution in [0, 0.1) is 6.92 Å². The number of aryl methyl sites for hydroxylation is 1. The summed E-state index contributed by atoms with van der Waals surface area (Å²) >= 11 is 0. The molecule has 1 amide bonds. The molecule has 4 rings (SSSR count). The van der Waals surface area contributed by atoms with E-state index in [-0.39, 0.29) is 5.91 Å². The van der Waals surface area contributed by atoms with Crippen LogP contribution in [0.25, 0.3) is 5.69 Å². The standard InChI is InChI=1S/C22H25N5O/c1-17-15-21(27(24-17)19-8-4-3-5-9-19)22(28)26-13-11-25(12-14-26)20-10-6-7-18(16-20)23-2/h3-10,15-16,23H,11-14H2,1-2H3. The van der Waals surface area contributed by atoms with Crippen molar-refractivity contribution in [2.75, 3.05) is 43.4 Å². The van der Waals surface area contributed by atoms with Crippen LogP contribution in [-0.4, -0.2) is 53.8 Å². The van der Waals surface area contributed by atoms with Gasteiger partial charge in [-0.3, -0.25) is 4.79 Å². The van der Waals surface area contributed by atoms with Crippen molar-refractivity contribution in [2.24, 2.45) is 0 Å². The molecule has 0 spiro atoms. The van der Waals surface area contributed by atoms with Crippen LogP contribution in [0.2, 0.25) is 0 Å². The van der Waals surface area contributed by atoms with Crippen molar-refractivity contribution in [3.63, 3.8) is 0 Å². The minimum Gasteiger partial charge on any atom is -0.388 e. The molecule has 0 atom stereocenters. The molecule has 1 fully saturated rings. The Morgan fingerprint density at radius 3 is 2.36 bits per heavy atom. The van der Waals surface area contributed by atoms with Crippen molar-refractivity contribution < 1.29 is 4.79 Å². The average Bonchev–Trinajstić information content (AvgIpc) is 3.15. The van der Waals surface area contributed by atoms with Crippen LogP contribution >= 0.6 is 0 Å². The molecule has 3 aromatic rings. The molecule has 28 heavy (non-hydrogen) atoms. The maximum atomic E-state index is 13.2. The molecule has 1 saturated heterocycles. The summed E-state index contributed by atoms with van der Waals surface area (Å²) in [5.41, 5.74) is 4.65. The van der Waals surface area contributed by atoms with Crippen molar-refractivity contribution in [1.82, 2.24) is 14.7 Å². The van der Waals surface area contributed by atoms with Gasteiger partial charge in [-0.25, -0.2) is 4.68 Å². The van der Waals surface area contributed by atoms with E-state index in [9.17, 15) is 4.79 Å². The topological polar surface area (TPSA) is 53.4 Å². The van der Waals surface area contributed by atoms with Crippen molar-refractivity contribution in [3.8, 4) is 5.69 Å². The summed E-state index contributed by atoms with van der Waals surface area (Å²) < 4.78 is 1.75. The Hall–Kier alpha value is -3.28. The van der Waals surface area contributed by atoms with Gasteiger partial charge in [-0.15, -0.1) is 0 Å². The zero-order valence-corrected chi connectivity index (χ0v) is 16.3. The molecule has 144 valence electrons. The normalized spacial score (nSPS) is 14.2. The third-order valence-corrected chi connectivity index (χ3v) is 5.12. The molecule has 1 aliphatic rings. The second kappa shape index (κ2) is 7.76. The number of carbonyl (C=O) groups is 1. The van der Waals surface area contributed by atoms with E-state index in [0.29, 0.717) is 18.8 Å². The van der Waals surface area contributed by atoms with E-state index >= 15 is 0 Å². The van der Waals surface area contributed by atoms with Crippen molar-refractivity contribution in [1.29, 1.82) is 0 Å². The van der Waals surface area contributed by atoms with E-state index in [1.165, 1.54) is 5.69 Å². The van der Waals surface area contributed by atoms with E-state index < -0.39 is 0 Å². The summed E-state index contributed by atoms with van der Waals surface area (Å²) in [6.07, 6.45) is 0. The minimum absolute atomic E-state index is 0.0353.